The number of rotatable bonds is 3. The molecule has 0 aromatic heterocycles. The van der Waals surface area contributed by atoms with Crippen LogP contribution in [0, 0.1) is 11.8 Å². The van der Waals surface area contributed by atoms with Crippen molar-refractivity contribution in [1.82, 2.24) is 4.90 Å². The van der Waals surface area contributed by atoms with Crippen LogP contribution in [0.2, 0.25) is 10.0 Å². The molecule has 7 heteroatoms. The first-order valence-corrected chi connectivity index (χ1v) is 10.4. The molecule has 3 aliphatic rings. The zero-order valence-corrected chi connectivity index (χ0v) is 16.9. The van der Waals surface area contributed by atoms with Crippen LogP contribution in [0.1, 0.15) is 23.2 Å². The molecule has 4 atom stereocenters. The van der Waals surface area contributed by atoms with Crippen LogP contribution in [-0.4, -0.2) is 41.1 Å². The fourth-order valence-corrected chi connectivity index (χ4v) is 5.52. The van der Waals surface area contributed by atoms with Gasteiger partial charge in [-0.2, -0.15) is 0 Å². The zero-order valence-electron chi connectivity index (χ0n) is 15.4. The Morgan fingerprint density at radius 1 is 0.931 bits per heavy atom. The number of fused-ring (bicyclic) bond motifs is 3. The van der Waals surface area contributed by atoms with Crippen LogP contribution < -0.4 is 4.90 Å². The smallest absolute Gasteiger partial charge is 0.239 e. The molecule has 5 rings (SSSR count). The standard InChI is InChI=1S/C22H18Cl2N2O3/c23-13-9-7-12(8-10-13)20(27)19-18-17(16-6-3-11-25(16)19)21(28)26(22(18)29)15-5-2-1-4-14(15)24/h1-2,4-5,7-10,16-19H,3,6,11H2/t16-,17+,18-,19+/m1/s1. The molecule has 0 unspecified atom stereocenters. The minimum Gasteiger partial charge on any atom is -0.292 e. The van der Waals surface area contributed by atoms with Gasteiger partial charge in [0.15, 0.2) is 5.78 Å². The Labute approximate surface area is 178 Å². The summed E-state index contributed by atoms with van der Waals surface area (Å²) in [7, 11) is 0. The molecular weight excluding hydrogens is 411 g/mol. The molecule has 0 bridgehead atoms. The third kappa shape index (κ3) is 2.75. The summed E-state index contributed by atoms with van der Waals surface area (Å²) < 4.78 is 0. The number of amides is 2. The van der Waals surface area contributed by atoms with Crippen molar-refractivity contribution in [2.45, 2.75) is 24.9 Å². The van der Waals surface area contributed by atoms with Gasteiger partial charge in [-0.15, -0.1) is 0 Å². The Hall–Kier alpha value is -2.21. The van der Waals surface area contributed by atoms with Gasteiger partial charge >= 0.3 is 0 Å². The monoisotopic (exact) mass is 428 g/mol. The lowest BCUT2D eigenvalue weighted by Gasteiger charge is -2.27. The number of nitrogens with zero attached hydrogens (tertiary/aromatic N) is 2. The van der Waals surface area contributed by atoms with Crippen molar-refractivity contribution in [2.24, 2.45) is 11.8 Å². The number of para-hydroxylation sites is 1. The Bertz CT molecular complexity index is 1020. The fourth-order valence-electron chi connectivity index (χ4n) is 5.17. The molecule has 0 N–H and O–H groups in total. The van der Waals surface area contributed by atoms with E-state index >= 15 is 0 Å². The van der Waals surface area contributed by atoms with Crippen molar-refractivity contribution in [3.8, 4) is 0 Å². The van der Waals surface area contributed by atoms with Crippen LogP contribution in [0.15, 0.2) is 48.5 Å². The van der Waals surface area contributed by atoms with E-state index in [0.717, 1.165) is 12.8 Å². The number of carbonyl (C=O) groups excluding carboxylic acids is 3. The highest BCUT2D eigenvalue weighted by molar-refractivity contribution is 6.36. The highest BCUT2D eigenvalue weighted by Gasteiger charge is 2.64. The van der Waals surface area contributed by atoms with Crippen molar-refractivity contribution < 1.29 is 14.4 Å². The lowest BCUT2D eigenvalue weighted by molar-refractivity contribution is -0.123. The third-order valence-corrected chi connectivity index (χ3v) is 6.91. The summed E-state index contributed by atoms with van der Waals surface area (Å²) in [5.74, 6) is -1.93. The number of benzene rings is 2. The number of halogens is 2. The maximum Gasteiger partial charge on any atom is 0.239 e. The van der Waals surface area contributed by atoms with E-state index in [1.165, 1.54) is 4.90 Å². The van der Waals surface area contributed by atoms with Crippen LogP contribution in [0.4, 0.5) is 5.69 Å². The Balaban J connectivity index is 1.56. The van der Waals surface area contributed by atoms with E-state index in [4.69, 9.17) is 23.2 Å². The number of hydrogen-bond acceptors (Lipinski definition) is 4. The average Bonchev–Trinajstić information content (AvgIpc) is 3.35. The molecule has 0 saturated carbocycles. The van der Waals surface area contributed by atoms with Gasteiger partial charge in [-0.3, -0.25) is 19.3 Å². The first-order valence-electron chi connectivity index (χ1n) is 9.67. The van der Waals surface area contributed by atoms with Gasteiger partial charge in [0.2, 0.25) is 11.8 Å². The zero-order chi connectivity index (χ0) is 20.3. The summed E-state index contributed by atoms with van der Waals surface area (Å²) in [5, 5.41) is 0.889. The molecule has 2 aromatic carbocycles. The van der Waals surface area contributed by atoms with Crippen LogP contribution in [0.5, 0.6) is 0 Å². The molecule has 5 nitrogen and oxygen atoms in total. The Morgan fingerprint density at radius 3 is 2.34 bits per heavy atom. The summed E-state index contributed by atoms with van der Waals surface area (Å²) in [6.07, 6.45) is 1.72. The van der Waals surface area contributed by atoms with Gasteiger partial charge in [-0.25, -0.2) is 4.90 Å². The van der Waals surface area contributed by atoms with Crippen LogP contribution >= 0.6 is 23.2 Å². The van der Waals surface area contributed by atoms with Crippen LogP contribution in [-0.2, 0) is 9.59 Å². The summed E-state index contributed by atoms with van der Waals surface area (Å²) in [5.41, 5.74) is 0.892. The second-order valence-corrected chi connectivity index (χ2v) is 8.62. The van der Waals surface area contributed by atoms with E-state index in [1.54, 1.807) is 48.5 Å². The van der Waals surface area contributed by atoms with Gasteiger partial charge in [0.1, 0.15) is 0 Å². The molecule has 3 heterocycles. The van der Waals surface area contributed by atoms with Crippen molar-refractivity contribution >= 4 is 46.5 Å². The molecule has 3 saturated heterocycles. The summed E-state index contributed by atoms with van der Waals surface area (Å²) in [6.45, 7) is 0.717. The maximum atomic E-state index is 13.4. The maximum absolute atomic E-state index is 13.4. The second kappa shape index (κ2) is 6.94. The Morgan fingerprint density at radius 2 is 1.62 bits per heavy atom. The largest absolute Gasteiger partial charge is 0.292 e. The molecule has 0 spiro atoms. The molecular formula is C22H18Cl2N2O3. The van der Waals surface area contributed by atoms with E-state index in [2.05, 4.69) is 4.90 Å². The third-order valence-electron chi connectivity index (χ3n) is 6.34. The van der Waals surface area contributed by atoms with Gasteiger partial charge in [-0.05, 0) is 55.8 Å². The number of imide groups is 1. The molecule has 2 aromatic rings. The van der Waals surface area contributed by atoms with Gasteiger partial charge in [-0.1, -0.05) is 35.3 Å². The fraction of sp³-hybridized carbons (Fsp3) is 0.318. The van der Waals surface area contributed by atoms with Crippen molar-refractivity contribution in [2.75, 3.05) is 11.4 Å². The highest BCUT2D eigenvalue weighted by Crippen LogP contribution is 2.49. The summed E-state index contributed by atoms with van der Waals surface area (Å²) >= 11 is 12.2. The minimum atomic E-state index is -0.688. The predicted molar refractivity (Wildman–Crippen MR) is 110 cm³/mol. The number of Topliss-reactive ketones (excluding diaryl/α,β-unsaturated/α-hetero) is 1. The normalized spacial score (nSPS) is 28.7. The molecule has 29 heavy (non-hydrogen) atoms. The number of ketones is 1. The molecule has 2 amide bonds. The minimum absolute atomic E-state index is 0.0924. The quantitative estimate of drug-likeness (QED) is 0.550. The molecule has 0 aliphatic carbocycles. The van der Waals surface area contributed by atoms with Crippen molar-refractivity contribution in [3.63, 3.8) is 0 Å². The van der Waals surface area contributed by atoms with E-state index in [0.29, 0.717) is 27.8 Å². The van der Waals surface area contributed by atoms with E-state index in [1.807, 2.05) is 0 Å². The van der Waals surface area contributed by atoms with Gasteiger partial charge < -0.3 is 0 Å². The number of hydrogen-bond donors (Lipinski definition) is 0. The predicted octanol–water partition coefficient (Wildman–Crippen LogP) is 3.83. The highest BCUT2D eigenvalue weighted by atomic mass is 35.5. The molecule has 3 fully saturated rings. The lowest BCUT2D eigenvalue weighted by atomic mass is 9.85. The molecule has 148 valence electrons. The average molecular weight is 429 g/mol. The number of carbonyl (C=O) groups is 3. The first-order chi connectivity index (χ1) is 14.0. The van der Waals surface area contributed by atoms with Gasteiger partial charge in [0, 0.05) is 16.6 Å². The molecule has 0 radical (unpaired) electrons. The van der Waals surface area contributed by atoms with Crippen molar-refractivity contribution in [1.29, 1.82) is 0 Å². The number of anilines is 1. The van der Waals surface area contributed by atoms with E-state index < -0.39 is 17.9 Å². The Kier molecular flexibility index (Phi) is 4.50. The summed E-state index contributed by atoms with van der Waals surface area (Å²) in [6, 6.07) is 12.8. The lowest BCUT2D eigenvalue weighted by Crippen LogP contribution is -2.46. The van der Waals surface area contributed by atoms with Crippen LogP contribution in [0.25, 0.3) is 0 Å². The topological polar surface area (TPSA) is 57.7 Å². The van der Waals surface area contributed by atoms with Crippen LogP contribution in [0.3, 0.4) is 0 Å². The van der Waals surface area contributed by atoms with E-state index in [9.17, 15) is 14.4 Å². The van der Waals surface area contributed by atoms with Gasteiger partial charge in [0.05, 0.1) is 28.6 Å². The molecule has 3 aliphatic heterocycles. The second-order valence-electron chi connectivity index (χ2n) is 7.78. The van der Waals surface area contributed by atoms with Gasteiger partial charge in [0.25, 0.3) is 0 Å². The van der Waals surface area contributed by atoms with Crippen molar-refractivity contribution in [3.05, 3.63) is 64.1 Å². The SMILES string of the molecule is O=C(c1ccc(Cl)cc1)[C@@H]1[C@@H]2C(=O)N(c3ccccc3Cl)C(=O)[C@H]2[C@H]2CCCN21. The first kappa shape index (κ1) is 18.8. The summed E-state index contributed by atoms with van der Waals surface area (Å²) in [4.78, 5) is 43.4. The van der Waals surface area contributed by atoms with E-state index in [-0.39, 0.29) is 23.6 Å².